The molecule has 2 saturated heterocycles. The molecule has 2 fully saturated rings. The predicted octanol–water partition coefficient (Wildman–Crippen LogP) is 2.91. The summed E-state index contributed by atoms with van der Waals surface area (Å²) in [5.41, 5.74) is 1.54. The van der Waals surface area contributed by atoms with Crippen molar-refractivity contribution in [3.63, 3.8) is 0 Å². The van der Waals surface area contributed by atoms with E-state index in [4.69, 9.17) is 16.9 Å². The molecule has 4 heteroatoms. The molecule has 0 radical (unpaired) electrons. The SMILES string of the molecule is N#Cc1ccc(N2C3CCC2CC(=O)C3)cc1Cl. The van der Waals surface area contributed by atoms with E-state index in [-0.39, 0.29) is 0 Å². The molecule has 0 N–H and O–H groups in total. The number of halogens is 1. The summed E-state index contributed by atoms with van der Waals surface area (Å²) in [5.74, 6) is 0.374. The molecule has 2 unspecified atom stereocenters. The summed E-state index contributed by atoms with van der Waals surface area (Å²) in [6.45, 7) is 0. The molecule has 0 amide bonds. The van der Waals surface area contributed by atoms with Gasteiger partial charge in [-0.2, -0.15) is 5.26 Å². The van der Waals surface area contributed by atoms with E-state index in [2.05, 4.69) is 11.0 Å². The van der Waals surface area contributed by atoms with Crippen molar-refractivity contribution in [1.29, 1.82) is 5.26 Å². The Kier molecular flexibility index (Phi) is 2.76. The second-order valence-electron chi connectivity index (χ2n) is 5.02. The van der Waals surface area contributed by atoms with Gasteiger partial charge in [0.2, 0.25) is 0 Å². The van der Waals surface area contributed by atoms with Crippen molar-refractivity contribution < 1.29 is 4.79 Å². The summed E-state index contributed by atoms with van der Waals surface area (Å²) in [5, 5.41) is 9.37. The third-order valence-electron chi connectivity index (χ3n) is 3.92. The summed E-state index contributed by atoms with van der Waals surface area (Å²) in [4.78, 5) is 13.9. The average Bonchev–Trinajstić information content (AvgIpc) is 2.61. The molecule has 1 aromatic rings. The number of carbonyl (C=O) groups is 1. The molecule has 92 valence electrons. The number of nitrogens with zero attached hydrogens (tertiary/aromatic N) is 2. The summed E-state index contributed by atoms with van der Waals surface area (Å²) < 4.78 is 0. The zero-order valence-electron chi connectivity index (χ0n) is 9.90. The highest BCUT2D eigenvalue weighted by atomic mass is 35.5. The average molecular weight is 261 g/mol. The second kappa shape index (κ2) is 4.29. The maximum atomic E-state index is 11.6. The maximum Gasteiger partial charge on any atom is 0.137 e. The van der Waals surface area contributed by atoms with Crippen molar-refractivity contribution >= 4 is 23.1 Å². The van der Waals surface area contributed by atoms with Gasteiger partial charge >= 0.3 is 0 Å². The topological polar surface area (TPSA) is 44.1 Å². The number of fused-ring (bicyclic) bond motifs is 2. The van der Waals surface area contributed by atoms with Gasteiger partial charge in [-0.15, -0.1) is 0 Å². The summed E-state index contributed by atoms with van der Waals surface area (Å²) >= 11 is 6.08. The van der Waals surface area contributed by atoms with E-state index < -0.39 is 0 Å². The Morgan fingerprint density at radius 2 is 1.94 bits per heavy atom. The largest absolute Gasteiger partial charge is 0.365 e. The molecule has 18 heavy (non-hydrogen) atoms. The zero-order valence-corrected chi connectivity index (χ0v) is 10.7. The number of benzene rings is 1. The Morgan fingerprint density at radius 1 is 1.28 bits per heavy atom. The Labute approximate surface area is 111 Å². The van der Waals surface area contributed by atoms with E-state index in [0.717, 1.165) is 18.5 Å². The molecule has 2 aliphatic heterocycles. The van der Waals surface area contributed by atoms with Crippen LogP contribution in [0.2, 0.25) is 5.02 Å². The first kappa shape index (κ1) is 11.6. The summed E-state index contributed by atoms with van der Waals surface area (Å²) in [7, 11) is 0. The van der Waals surface area contributed by atoms with Crippen LogP contribution in [0.5, 0.6) is 0 Å². The third kappa shape index (κ3) is 1.77. The highest BCUT2D eigenvalue weighted by Gasteiger charge is 2.40. The van der Waals surface area contributed by atoms with Gasteiger partial charge in [0.05, 0.1) is 10.6 Å². The van der Waals surface area contributed by atoms with Crippen molar-refractivity contribution in [2.45, 2.75) is 37.8 Å². The molecule has 0 aliphatic carbocycles. The van der Waals surface area contributed by atoms with Gasteiger partial charge in [0, 0.05) is 30.6 Å². The molecular weight excluding hydrogens is 248 g/mol. The van der Waals surface area contributed by atoms with Crippen molar-refractivity contribution in [1.82, 2.24) is 0 Å². The number of rotatable bonds is 1. The molecule has 0 spiro atoms. The van der Waals surface area contributed by atoms with Crippen molar-refractivity contribution in [3.8, 4) is 6.07 Å². The minimum atomic E-state index is 0.320. The number of Topliss-reactive ketones (excluding diaryl/α,β-unsaturated/α-hetero) is 1. The quantitative estimate of drug-likeness (QED) is 0.780. The first-order chi connectivity index (χ1) is 8.69. The molecule has 1 aromatic carbocycles. The van der Waals surface area contributed by atoms with Crippen LogP contribution in [0.1, 0.15) is 31.2 Å². The zero-order chi connectivity index (χ0) is 12.7. The van der Waals surface area contributed by atoms with Gasteiger partial charge < -0.3 is 4.90 Å². The predicted molar refractivity (Wildman–Crippen MR) is 69.7 cm³/mol. The highest BCUT2D eigenvalue weighted by Crippen LogP contribution is 2.38. The van der Waals surface area contributed by atoms with Crippen LogP contribution in [0, 0.1) is 11.3 Å². The van der Waals surface area contributed by atoms with Crippen LogP contribution in [0.3, 0.4) is 0 Å². The molecule has 3 rings (SSSR count). The lowest BCUT2D eigenvalue weighted by Crippen LogP contribution is -2.43. The van der Waals surface area contributed by atoms with Gasteiger partial charge in [-0.1, -0.05) is 11.6 Å². The highest BCUT2D eigenvalue weighted by molar-refractivity contribution is 6.32. The Morgan fingerprint density at radius 3 is 2.50 bits per heavy atom. The number of anilines is 1. The summed E-state index contributed by atoms with van der Waals surface area (Å²) in [6.07, 6.45) is 3.45. The lowest BCUT2D eigenvalue weighted by molar-refractivity contribution is -0.120. The lowest BCUT2D eigenvalue weighted by Gasteiger charge is -2.36. The van der Waals surface area contributed by atoms with Gasteiger partial charge in [0.25, 0.3) is 0 Å². The molecule has 3 nitrogen and oxygen atoms in total. The number of hydrogen-bond acceptors (Lipinski definition) is 3. The second-order valence-corrected chi connectivity index (χ2v) is 5.42. The number of nitriles is 1. The van der Waals surface area contributed by atoms with Gasteiger partial charge in [-0.05, 0) is 31.0 Å². The van der Waals surface area contributed by atoms with E-state index in [1.165, 1.54) is 0 Å². The van der Waals surface area contributed by atoms with Crippen LogP contribution in [-0.4, -0.2) is 17.9 Å². The Bertz CT molecular complexity index is 533. The fourth-order valence-corrected chi connectivity index (χ4v) is 3.36. The van der Waals surface area contributed by atoms with Crippen LogP contribution in [0.25, 0.3) is 0 Å². The van der Waals surface area contributed by atoms with E-state index in [9.17, 15) is 4.79 Å². The lowest BCUT2D eigenvalue weighted by atomic mass is 10.0. The number of ketones is 1. The molecule has 2 heterocycles. The minimum Gasteiger partial charge on any atom is -0.365 e. The third-order valence-corrected chi connectivity index (χ3v) is 4.23. The first-order valence-corrected chi connectivity index (χ1v) is 6.56. The number of piperidine rings is 1. The van der Waals surface area contributed by atoms with Crippen molar-refractivity contribution in [2.75, 3.05) is 4.90 Å². The van der Waals surface area contributed by atoms with Gasteiger partial charge in [-0.3, -0.25) is 4.79 Å². The number of carbonyl (C=O) groups excluding carboxylic acids is 1. The summed E-state index contributed by atoms with van der Waals surface area (Å²) in [6, 6.07) is 8.25. The van der Waals surface area contributed by atoms with Crippen molar-refractivity contribution in [3.05, 3.63) is 28.8 Å². The van der Waals surface area contributed by atoms with E-state index in [1.54, 1.807) is 6.07 Å². The van der Waals surface area contributed by atoms with Gasteiger partial charge in [-0.25, -0.2) is 0 Å². The van der Waals surface area contributed by atoms with E-state index in [0.29, 0.717) is 41.3 Å². The van der Waals surface area contributed by atoms with Crippen LogP contribution in [0.15, 0.2) is 18.2 Å². The van der Waals surface area contributed by atoms with E-state index in [1.807, 2.05) is 12.1 Å². The van der Waals surface area contributed by atoms with Crippen LogP contribution < -0.4 is 4.90 Å². The maximum absolute atomic E-state index is 11.6. The smallest absolute Gasteiger partial charge is 0.137 e. The van der Waals surface area contributed by atoms with E-state index >= 15 is 0 Å². The fourth-order valence-electron chi connectivity index (χ4n) is 3.15. The molecule has 2 atom stereocenters. The van der Waals surface area contributed by atoms with Crippen LogP contribution >= 0.6 is 11.6 Å². The minimum absolute atomic E-state index is 0.320. The fraction of sp³-hybridized carbons (Fsp3) is 0.429. The molecule has 0 saturated carbocycles. The standard InChI is InChI=1S/C14H13ClN2O/c15-14-7-12(2-1-9(14)8-16)17-10-3-4-11(17)6-13(18)5-10/h1-2,7,10-11H,3-6H2. The van der Waals surface area contributed by atoms with Crippen LogP contribution in [0.4, 0.5) is 5.69 Å². The molecular formula is C14H13ClN2O. The normalized spacial score (nSPS) is 26.2. The molecule has 0 aromatic heterocycles. The number of hydrogen-bond donors (Lipinski definition) is 0. The first-order valence-electron chi connectivity index (χ1n) is 6.18. The van der Waals surface area contributed by atoms with Gasteiger partial charge in [0.1, 0.15) is 11.9 Å². The molecule has 2 aliphatic rings. The Hall–Kier alpha value is -1.53. The van der Waals surface area contributed by atoms with Crippen LogP contribution in [-0.2, 0) is 4.79 Å². The Balaban J connectivity index is 1.94. The molecule has 2 bridgehead atoms. The monoisotopic (exact) mass is 260 g/mol. The van der Waals surface area contributed by atoms with Gasteiger partial charge in [0.15, 0.2) is 0 Å². The van der Waals surface area contributed by atoms with Crippen molar-refractivity contribution in [2.24, 2.45) is 0 Å².